The van der Waals surface area contributed by atoms with Crippen LogP contribution in [0.3, 0.4) is 0 Å². The van der Waals surface area contributed by atoms with Gasteiger partial charge in [0.25, 0.3) is 5.91 Å². The van der Waals surface area contributed by atoms with Gasteiger partial charge in [0.15, 0.2) is 0 Å². The molecule has 1 fully saturated rings. The minimum atomic E-state index is -1.08. The first-order valence-corrected chi connectivity index (χ1v) is 9.07. The van der Waals surface area contributed by atoms with Gasteiger partial charge in [-0.1, -0.05) is 0 Å². The molecule has 9 nitrogen and oxygen atoms in total. The van der Waals surface area contributed by atoms with E-state index < -0.39 is 11.9 Å². The second kappa shape index (κ2) is 8.31. The first kappa shape index (κ1) is 18.4. The number of carbonyl (C=O) groups is 3. The number of carboxylic acids is 1. The highest BCUT2D eigenvalue weighted by Gasteiger charge is 2.30. The number of fused-ring (bicyclic) bond motifs is 1. The van der Waals surface area contributed by atoms with E-state index in [2.05, 4.69) is 15.7 Å². The normalized spacial score (nSPS) is 19.1. The number of aliphatic carboxylic acids is 1. The van der Waals surface area contributed by atoms with Crippen molar-refractivity contribution in [3.8, 4) is 0 Å². The molecule has 1 atom stereocenters. The lowest BCUT2D eigenvalue weighted by Gasteiger charge is -2.30. The maximum atomic E-state index is 12.7. The predicted octanol–water partition coefficient (Wildman–Crippen LogP) is -0.357. The number of nitrogens with one attached hydrogen (secondary N) is 2. The number of carbonyl (C=O) groups excluding carboxylic acids is 2. The lowest BCUT2D eigenvalue weighted by Crippen LogP contribution is -2.41. The Morgan fingerprint density at radius 1 is 1.42 bits per heavy atom. The van der Waals surface area contributed by atoms with E-state index in [0.717, 1.165) is 38.9 Å². The van der Waals surface area contributed by atoms with Crippen molar-refractivity contribution in [3.05, 3.63) is 17.5 Å². The van der Waals surface area contributed by atoms with Crippen LogP contribution in [-0.4, -0.2) is 70.8 Å². The Bertz CT molecular complexity index is 668. The summed E-state index contributed by atoms with van der Waals surface area (Å²) < 4.78 is 1.58. The van der Waals surface area contributed by atoms with E-state index in [9.17, 15) is 19.5 Å². The van der Waals surface area contributed by atoms with Gasteiger partial charge in [-0.2, -0.15) is 5.10 Å². The molecule has 3 rings (SSSR count). The number of rotatable bonds is 8. The van der Waals surface area contributed by atoms with Gasteiger partial charge < -0.3 is 20.6 Å². The van der Waals surface area contributed by atoms with Crippen molar-refractivity contribution in [1.82, 2.24) is 25.3 Å². The van der Waals surface area contributed by atoms with Crippen LogP contribution in [-0.2, 0) is 16.1 Å². The van der Waals surface area contributed by atoms with Crippen LogP contribution < -0.4 is 10.6 Å². The van der Waals surface area contributed by atoms with E-state index in [1.54, 1.807) is 10.7 Å². The molecule has 1 aromatic rings. The molecule has 0 saturated carbocycles. The van der Waals surface area contributed by atoms with Crippen molar-refractivity contribution in [2.24, 2.45) is 5.92 Å². The molecule has 3 N–H and O–H groups in total. The summed E-state index contributed by atoms with van der Waals surface area (Å²) in [4.78, 5) is 36.5. The summed E-state index contributed by atoms with van der Waals surface area (Å²) in [6.45, 7) is 3.89. The largest absolute Gasteiger partial charge is 0.481 e. The Morgan fingerprint density at radius 2 is 2.19 bits per heavy atom. The Morgan fingerprint density at radius 3 is 2.88 bits per heavy atom. The third kappa shape index (κ3) is 4.04. The van der Waals surface area contributed by atoms with Crippen molar-refractivity contribution in [2.45, 2.75) is 31.7 Å². The molecular formula is C17H25N5O4. The van der Waals surface area contributed by atoms with Crippen molar-refractivity contribution in [3.63, 3.8) is 0 Å². The van der Waals surface area contributed by atoms with E-state index in [4.69, 9.17) is 0 Å². The second-order valence-corrected chi connectivity index (χ2v) is 6.87. The molecule has 142 valence electrons. The number of aromatic nitrogens is 2. The Kier molecular flexibility index (Phi) is 5.87. The van der Waals surface area contributed by atoms with Gasteiger partial charge in [-0.15, -0.1) is 0 Å². The third-order valence-corrected chi connectivity index (χ3v) is 5.21. The zero-order valence-electron chi connectivity index (χ0n) is 14.7. The number of carboxylic acid groups (broad SMARTS) is 1. The number of hydrogen-bond donors (Lipinski definition) is 3. The average Bonchev–Trinajstić information content (AvgIpc) is 3.07. The minimum Gasteiger partial charge on any atom is -0.481 e. The van der Waals surface area contributed by atoms with Gasteiger partial charge in [0, 0.05) is 19.6 Å². The summed E-state index contributed by atoms with van der Waals surface area (Å²) in [6.07, 6.45) is 3.75. The fourth-order valence-corrected chi connectivity index (χ4v) is 3.64. The predicted molar refractivity (Wildman–Crippen MR) is 92.8 cm³/mol. The highest BCUT2D eigenvalue weighted by Crippen LogP contribution is 2.22. The van der Waals surface area contributed by atoms with Crippen LogP contribution in [0.25, 0.3) is 0 Å². The van der Waals surface area contributed by atoms with Gasteiger partial charge in [-0.05, 0) is 44.3 Å². The summed E-state index contributed by atoms with van der Waals surface area (Å²) >= 11 is 0. The topological polar surface area (TPSA) is 117 Å². The molecule has 1 aromatic heterocycles. The van der Waals surface area contributed by atoms with Crippen LogP contribution in [0.5, 0.6) is 0 Å². The van der Waals surface area contributed by atoms with E-state index in [-0.39, 0.29) is 12.5 Å². The lowest BCUT2D eigenvalue weighted by atomic mass is 9.94. The molecule has 2 aliphatic heterocycles. The molecule has 1 saturated heterocycles. The lowest BCUT2D eigenvalue weighted by molar-refractivity contribution is -0.138. The summed E-state index contributed by atoms with van der Waals surface area (Å²) in [5.74, 6) is -1.49. The van der Waals surface area contributed by atoms with Crippen molar-refractivity contribution in [1.29, 1.82) is 0 Å². The molecule has 2 amide bonds. The fraction of sp³-hybridized carbons (Fsp3) is 0.647. The first-order valence-electron chi connectivity index (χ1n) is 9.07. The highest BCUT2D eigenvalue weighted by molar-refractivity contribution is 5.93. The van der Waals surface area contributed by atoms with Crippen molar-refractivity contribution < 1.29 is 19.5 Å². The molecule has 2 aliphatic rings. The van der Waals surface area contributed by atoms with Crippen molar-refractivity contribution >= 4 is 18.3 Å². The van der Waals surface area contributed by atoms with Gasteiger partial charge in [0.2, 0.25) is 6.41 Å². The molecule has 0 aromatic carbocycles. The third-order valence-electron chi connectivity index (χ3n) is 5.21. The molecule has 0 aliphatic carbocycles. The number of nitrogens with zero attached hydrogens (tertiary/aromatic N) is 3. The number of hydrogen-bond acceptors (Lipinski definition) is 5. The van der Waals surface area contributed by atoms with Crippen LogP contribution in [0.1, 0.15) is 41.4 Å². The van der Waals surface area contributed by atoms with Gasteiger partial charge in [-0.25, -0.2) is 0 Å². The highest BCUT2D eigenvalue weighted by atomic mass is 16.4. The van der Waals surface area contributed by atoms with Crippen molar-refractivity contribution in [2.75, 3.05) is 32.7 Å². The molecular weight excluding hydrogens is 338 g/mol. The number of amides is 2. The fourth-order valence-electron chi connectivity index (χ4n) is 3.64. The molecule has 26 heavy (non-hydrogen) atoms. The van der Waals surface area contributed by atoms with E-state index in [0.29, 0.717) is 36.8 Å². The summed E-state index contributed by atoms with van der Waals surface area (Å²) in [6, 6.07) is 1.55. The smallest absolute Gasteiger partial charge is 0.314 e. The van der Waals surface area contributed by atoms with Crippen LogP contribution in [0, 0.1) is 5.92 Å². The molecule has 0 spiro atoms. The average molecular weight is 363 g/mol. The van der Waals surface area contributed by atoms with Crippen LogP contribution in [0.2, 0.25) is 0 Å². The van der Waals surface area contributed by atoms with Gasteiger partial charge in [0.05, 0.1) is 12.2 Å². The van der Waals surface area contributed by atoms with Gasteiger partial charge in [-0.3, -0.25) is 19.1 Å². The van der Waals surface area contributed by atoms with Gasteiger partial charge in [0.1, 0.15) is 11.6 Å². The zero-order valence-corrected chi connectivity index (χ0v) is 14.7. The monoisotopic (exact) mass is 363 g/mol. The molecule has 3 heterocycles. The summed E-state index contributed by atoms with van der Waals surface area (Å²) in [5.41, 5.74) is 0.726. The van der Waals surface area contributed by atoms with E-state index in [1.165, 1.54) is 0 Å². The second-order valence-electron chi connectivity index (χ2n) is 6.87. The van der Waals surface area contributed by atoms with Crippen LogP contribution in [0.15, 0.2) is 6.07 Å². The first-order chi connectivity index (χ1) is 12.6. The van der Waals surface area contributed by atoms with E-state index in [1.807, 2.05) is 4.90 Å². The minimum absolute atomic E-state index is 0.0527. The molecule has 0 bridgehead atoms. The summed E-state index contributed by atoms with van der Waals surface area (Å²) in [7, 11) is 0. The Labute approximate surface area is 151 Å². The molecule has 1 unspecified atom stereocenters. The van der Waals surface area contributed by atoms with Crippen LogP contribution in [0.4, 0.5) is 0 Å². The standard InChI is InChI=1S/C17H25N5O4/c23-11-19-10-13(17(25)26)14-9-15-16(24)21(7-8-22(15)20-14)6-3-12-1-4-18-5-2-12/h9,11-13,18H,1-8,10H2,(H,19,23)(H,25,26). The van der Waals surface area contributed by atoms with Gasteiger partial charge >= 0.3 is 5.97 Å². The maximum Gasteiger partial charge on any atom is 0.314 e. The Hall–Kier alpha value is -2.42. The maximum absolute atomic E-state index is 12.7. The number of piperidine rings is 1. The zero-order chi connectivity index (χ0) is 18.5. The van der Waals surface area contributed by atoms with E-state index >= 15 is 0 Å². The SMILES string of the molecule is O=CNCC(C(=O)O)c1cc2n(n1)CCN(CCC1CCNCC1)C2=O. The quantitative estimate of drug-likeness (QED) is 0.543. The molecule has 9 heteroatoms. The summed E-state index contributed by atoms with van der Waals surface area (Å²) in [5, 5.41) is 19.4. The molecule has 0 radical (unpaired) electrons. The Balaban J connectivity index is 1.66. The van der Waals surface area contributed by atoms with Crippen LogP contribution >= 0.6 is 0 Å².